The molecule has 1 aromatic carbocycles. The zero-order valence-electron chi connectivity index (χ0n) is 11.6. The Labute approximate surface area is 105 Å². The van der Waals surface area contributed by atoms with E-state index in [1.165, 1.54) is 29.5 Å². The minimum absolute atomic E-state index is 0.117. The van der Waals surface area contributed by atoms with E-state index in [1.54, 1.807) is 0 Å². The Kier molecular flexibility index (Phi) is 3.31. The van der Waals surface area contributed by atoms with Gasteiger partial charge in [0.15, 0.2) is 0 Å². The number of rotatable bonds is 1. The summed E-state index contributed by atoms with van der Waals surface area (Å²) in [7, 11) is 0. The van der Waals surface area contributed by atoms with Gasteiger partial charge in [0.2, 0.25) is 0 Å². The molecule has 17 heavy (non-hydrogen) atoms. The molecule has 0 spiro atoms. The lowest BCUT2D eigenvalue weighted by Crippen LogP contribution is -2.48. The first-order chi connectivity index (χ1) is 7.93. The van der Waals surface area contributed by atoms with Crippen molar-refractivity contribution < 1.29 is 0 Å². The van der Waals surface area contributed by atoms with E-state index in [-0.39, 0.29) is 5.54 Å². The fourth-order valence-electron chi connectivity index (χ4n) is 3.35. The third-order valence-electron chi connectivity index (χ3n) is 4.68. The summed E-state index contributed by atoms with van der Waals surface area (Å²) in [5.74, 6) is 1.30. The Hall–Kier alpha value is -0.820. The van der Waals surface area contributed by atoms with E-state index >= 15 is 0 Å². The Morgan fingerprint density at radius 2 is 1.71 bits per heavy atom. The predicted octanol–water partition coefficient (Wildman–Crippen LogP) is 3.91. The van der Waals surface area contributed by atoms with Crippen LogP contribution in [0.3, 0.4) is 0 Å². The number of aryl methyl sites for hydroxylation is 2. The zero-order chi connectivity index (χ0) is 12.6. The van der Waals surface area contributed by atoms with Gasteiger partial charge in [-0.2, -0.15) is 0 Å². The quantitative estimate of drug-likeness (QED) is 0.779. The summed E-state index contributed by atoms with van der Waals surface area (Å²) in [5, 5.41) is 0. The summed E-state index contributed by atoms with van der Waals surface area (Å²) < 4.78 is 0. The maximum atomic E-state index is 6.75. The third-order valence-corrected chi connectivity index (χ3v) is 4.68. The summed E-state index contributed by atoms with van der Waals surface area (Å²) in [5.41, 5.74) is 10.6. The largest absolute Gasteiger partial charge is 0.321 e. The van der Waals surface area contributed by atoms with Crippen molar-refractivity contribution in [1.29, 1.82) is 0 Å². The Bertz CT molecular complexity index is 390. The van der Waals surface area contributed by atoms with Crippen LogP contribution < -0.4 is 5.73 Å². The van der Waals surface area contributed by atoms with Crippen LogP contribution in [0, 0.1) is 25.7 Å². The SMILES string of the molecule is Cc1cc(C)cc(C2(N)CCCC(C)C2C)c1. The molecule has 0 bridgehead atoms. The van der Waals surface area contributed by atoms with E-state index in [0.717, 1.165) is 12.3 Å². The second kappa shape index (κ2) is 4.45. The van der Waals surface area contributed by atoms with Gasteiger partial charge in [-0.3, -0.25) is 0 Å². The number of benzene rings is 1. The van der Waals surface area contributed by atoms with Gasteiger partial charge in [0.05, 0.1) is 0 Å². The summed E-state index contributed by atoms with van der Waals surface area (Å²) in [6, 6.07) is 6.78. The van der Waals surface area contributed by atoms with Crippen molar-refractivity contribution in [1.82, 2.24) is 0 Å². The molecule has 0 aliphatic heterocycles. The highest BCUT2D eigenvalue weighted by molar-refractivity contribution is 5.34. The number of hydrogen-bond donors (Lipinski definition) is 1. The van der Waals surface area contributed by atoms with Crippen LogP contribution in [-0.4, -0.2) is 0 Å². The average Bonchev–Trinajstić information content (AvgIpc) is 2.24. The first kappa shape index (κ1) is 12.6. The summed E-state index contributed by atoms with van der Waals surface area (Å²) in [6.07, 6.45) is 3.71. The molecule has 2 rings (SSSR count). The lowest BCUT2D eigenvalue weighted by Gasteiger charge is -2.44. The molecule has 1 aliphatic rings. The van der Waals surface area contributed by atoms with Gasteiger partial charge in [0, 0.05) is 5.54 Å². The van der Waals surface area contributed by atoms with Crippen LogP contribution in [0.5, 0.6) is 0 Å². The van der Waals surface area contributed by atoms with Crippen molar-refractivity contribution in [2.45, 2.75) is 52.5 Å². The molecule has 1 aromatic rings. The maximum absolute atomic E-state index is 6.75. The fraction of sp³-hybridized carbons (Fsp3) is 0.625. The molecule has 1 fully saturated rings. The number of hydrogen-bond acceptors (Lipinski definition) is 1. The Balaban J connectivity index is 2.42. The third kappa shape index (κ3) is 2.26. The second-order valence-corrected chi connectivity index (χ2v) is 6.07. The molecule has 94 valence electrons. The van der Waals surface area contributed by atoms with Gasteiger partial charge in [0.1, 0.15) is 0 Å². The van der Waals surface area contributed by atoms with Gasteiger partial charge >= 0.3 is 0 Å². The molecular formula is C16H25N. The standard InChI is InChI=1S/C16H25N/c1-11-8-12(2)10-15(9-11)16(17)7-5-6-13(3)14(16)4/h8-10,13-14H,5-7,17H2,1-4H3. The molecule has 1 aliphatic carbocycles. The highest BCUT2D eigenvalue weighted by atomic mass is 14.8. The van der Waals surface area contributed by atoms with Gasteiger partial charge in [-0.15, -0.1) is 0 Å². The van der Waals surface area contributed by atoms with Crippen LogP contribution in [0.4, 0.5) is 0 Å². The molecule has 0 radical (unpaired) electrons. The first-order valence-corrected chi connectivity index (χ1v) is 6.81. The van der Waals surface area contributed by atoms with Crippen LogP contribution in [0.2, 0.25) is 0 Å². The van der Waals surface area contributed by atoms with Gasteiger partial charge in [-0.25, -0.2) is 0 Å². The minimum Gasteiger partial charge on any atom is -0.321 e. The van der Waals surface area contributed by atoms with Crippen LogP contribution in [0.15, 0.2) is 18.2 Å². The highest BCUT2D eigenvalue weighted by Gasteiger charge is 2.39. The zero-order valence-corrected chi connectivity index (χ0v) is 11.6. The monoisotopic (exact) mass is 231 g/mol. The number of nitrogens with two attached hydrogens (primary N) is 1. The van der Waals surface area contributed by atoms with Gasteiger partial charge in [-0.05, 0) is 37.7 Å². The fourth-order valence-corrected chi connectivity index (χ4v) is 3.35. The van der Waals surface area contributed by atoms with Gasteiger partial charge < -0.3 is 5.73 Å². The lowest BCUT2D eigenvalue weighted by atomic mass is 9.65. The van der Waals surface area contributed by atoms with E-state index in [9.17, 15) is 0 Å². The molecule has 1 heteroatoms. The topological polar surface area (TPSA) is 26.0 Å². The van der Waals surface area contributed by atoms with E-state index in [0.29, 0.717) is 5.92 Å². The molecule has 1 saturated carbocycles. The van der Waals surface area contributed by atoms with Crippen LogP contribution in [-0.2, 0) is 5.54 Å². The van der Waals surface area contributed by atoms with E-state index in [4.69, 9.17) is 5.73 Å². The molecule has 0 aromatic heterocycles. The van der Waals surface area contributed by atoms with Crippen molar-refractivity contribution in [2.24, 2.45) is 17.6 Å². The molecule has 3 unspecified atom stereocenters. The van der Waals surface area contributed by atoms with Crippen molar-refractivity contribution in [2.75, 3.05) is 0 Å². The lowest BCUT2D eigenvalue weighted by molar-refractivity contribution is 0.143. The molecule has 0 amide bonds. The summed E-state index contributed by atoms with van der Waals surface area (Å²) >= 11 is 0. The average molecular weight is 231 g/mol. The molecule has 0 heterocycles. The molecular weight excluding hydrogens is 206 g/mol. The van der Waals surface area contributed by atoms with Crippen LogP contribution in [0.25, 0.3) is 0 Å². The van der Waals surface area contributed by atoms with E-state index < -0.39 is 0 Å². The van der Waals surface area contributed by atoms with Crippen LogP contribution in [0.1, 0.15) is 49.8 Å². The Morgan fingerprint density at radius 1 is 1.12 bits per heavy atom. The van der Waals surface area contributed by atoms with Crippen molar-refractivity contribution in [3.8, 4) is 0 Å². The van der Waals surface area contributed by atoms with Gasteiger partial charge in [-0.1, -0.05) is 56.0 Å². The Morgan fingerprint density at radius 3 is 2.29 bits per heavy atom. The summed E-state index contributed by atoms with van der Waals surface area (Å²) in [6.45, 7) is 8.99. The normalized spacial score (nSPS) is 33.7. The molecule has 1 nitrogen and oxygen atoms in total. The smallest absolute Gasteiger partial charge is 0.0438 e. The van der Waals surface area contributed by atoms with Crippen molar-refractivity contribution >= 4 is 0 Å². The van der Waals surface area contributed by atoms with E-state index in [2.05, 4.69) is 45.9 Å². The minimum atomic E-state index is -0.117. The first-order valence-electron chi connectivity index (χ1n) is 6.81. The molecule has 2 N–H and O–H groups in total. The molecule has 0 saturated heterocycles. The van der Waals surface area contributed by atoms with Gasteiger partial charge in [0.25, 0.3) is 0 Å². The van der Waals surface area contributed by atoms with Crippen molar-refractivity contribution in [3.63, 3.8) is 0 Å². The van der Waals surface area contributed by atoms with Crippen molar-refractivity contribution in [3.05, 3.63) is 34.9 Å². The predicted molar refractivity (Wildman–Crippen MR) is 74.0 cm³/mol. The van der Waals surface area contributed by atoms with E-state index in [1.807, 2.05) is 0 Å². The molecule has 3 atom stereocenters. The van der Waals surface area contributed by atoms with Crippen LogP contribution >= 0.6 is 0 Å². The highest BCUT2D eigenvalue weighted by Crippen LogP contribution is 2.42. The summed E-state index contributed by atoms with van der Waals surface area (Å²) in [4.78, 5) is 0. The maximum Gasteiger partial charge on any atom is 0.0438 e. The second-order valence-electron chi connectivity index (χ2n) is 6.07.